The number of hydrogen-bond donors (Lipinski definition) is 1. The molecule has 1 atom stereocenters. The standard InChI is InChI=1S/C17H32N2/c1-18-16(15-11-7-6-8-12-15)17(19(2)3)13-9-4-5-10-14-17/h11,16,18H,4-10,12-14H2,1-3H3. The second-order valence-electron chi connectivity index (χ2n) is 6.66. The first-order valence-corrected chi connectivity index (χ1v) is 8.24. The lowest BCUT2D eigenvalue weighted by atomic mass is 9.75. The first-order valence-electron chi connectivity index (χ1n) is 8.24. The molecule has 110 valence electrons. The quantitative estimate of drug-likeness (QED) is 0.615. The van der Waals surface area contributed by atoms with Crippen LogP contribution in [-0.4, -0.2) is 37.6 Å². The molecule has 2 aliphatic rings. The van der Waals surface area contributed by atoms with Crippen LogP contribution in [0.5, 0.6) is 0 Å². The van der Waals surface area contributed by atoms with Gasteiger partial charge in [-0.25, -0.2) is 0 Å². The number of nitrogens with one attached hydrogen (secondary N) is 1. The zero-order valence-corrected chi connectivity index (χ0v) is 13.2. The highest BCUT2D eigenvalue weighted by Gasteiger charge is 2.41. The molecule has 0 saturated heterocycles. The summed E-state index contributed by atoms with van der Waals surface area (Å²) in [4.78, 5) is 2.52. The van der Waals surface area contributed by atoms with Gasteiger partial charge in [0.15, 0.2) is 0 Å². The van der Waals surface area contributed by atoms with Crippen molar-refractivity contribution < 1.29 is 0 Å². The molecule has 1 saturated carbocycles. The van der Waals surface area contributed by atoms with Gasteiger partial charge in [0.1, 0.15) is 0 Å². The van der Waals surface area contributed by atoms with Crippen molar-refractivity contribution in [3.63, 3.8) is 0 Å². The van der Waals surface area contributed by atoms with E-state index in [1.807, 2.05) is 0 Å². The molecule has 0 spiro atoms. The Morgan fingerprint density at radius 3 is 2.21 bits per heavy atom. The Hall–Kier alpha value is -0.340. The molecule has 0 aromatic carbocycles. The highest BCUT2D eigenvalue weighted by atomic mass is 15.2. The number of hydrogen-bond acceptors (Lipinski definition) is 2. The maximum atomic E-state index is 3.68. The summed E-state index contributed by atoms with van der Waals surface area (Å²) in [6.07, 6.45) is 16.2. The molecule has 1 fully saturated rings. The molecule has 0 aliphatic heterocycles. The molecule has 19 heavy (non-hydrogen) atoms. The van der Waals surface area contributed by atoms with Crippen LogP contribution in [0.25, 0.3) is 0 Å². The lowest BCUT2D eigenvalue weighted by molar-refractivity contribution is 0.0956. The third kappa shape index (κ3) is 3.22. The molecule has 2 aliphatic carbocycles. The third-order valence-corrected chi connectivity index (χ3v) is 5.38. The summed E-state index contributed by atoms with van der Waals surface area (Å²) in [5.41, 5.74) is 2.03. The summed E-state index contributed by atoms with van der Waals surface area (Å²) >= 11 is 0. The van der Waals surface area contributed by atoms with Crippen molar-refractivity contribution in [2.24, 2.45) is 0 Å². The van der Waals surface area contributed by atoms with E-state index < -0.39 is 0 Å². The van der Waals surface area contributed by atoms with Crippen molar-refractivity contribution in [3.8, 4) is 0 Å². The van der Waals surface area contributed by atoms with E-state index in [0.29, 0.717) is 11.6 Å². The van der Waals surface area contributed by atoms with Crippen LogP contribution in [0.2, 0.25) is 0 Å². The van der Waals surface area contributed by atoms with E-state index >= 15 is 0 Å². The number of rotatable bonds is 4. The van der Waals surface area contributed by atoms with Crippen LogP contribution in [0.3, 0.4) is 0 Å². The van der Waals surface area contributed by atoms with E-state index in [1.165, 1.54) is 64.2 Å². The third-order valence-electron chi connectivity index (χ3n) is 5.38. The van der Waals surface area contributed by atoms with Crippen molar-refractivity contribution in [2.75, 3.05) is 21.1 Å². The predicted octanol–water partition coefficient (Wildman–Crippen LogP) is 3.73. The Morgan fingerprint density at radius 1 is 1.05 bits per heavy atom. The number of likely N-dealkylation sites (N-methyl/N-ethyl adjacent to an activating group) is 2. The summed E-state index contributed by atoms with van der Waals surface area (Å²) < 4.78 is 0. The lowest BCUT2D eigenvalue weighted by Gasteiger charge is -2.47. The summed E-state index contributed by atoms with van der Waals surface area (Å²) in [5, 5.41) is 3.68. The molecule has 2 rings (SSSR count). The van der Waals surface area contributed by atoms with Gasteiger partial charge in [0.05, 0.1) is 0 Å². The fourth-order valence-electron chi connectivity index (χ4n) is 4.26. The monoisotopic (exact) mass is 264 g/mol. The first kappa shape index (κ1) is 15.1. The predicted molar refractivity (Wildman–Crippen MR) is 83.5 cm³/mol. The van der Waals surface area contributed by atoms with E-state index in [-0.39, 0.29) is 0 Å². The van der Waals surface area contributed by atoms with E-state index in [0.717, 1.165) is 0 Å². The molecular weight excluding hydrogens is 232 g/mol. The number of allylic oxidation sites excluding steroid dienone is 1. The molecule has 0 aromatic rings. The summed E-state index contributed by atoms with van der Waals surface area (Å²) in [7, 11) is 6.74. The van der Waals surface area contributed by atoms with Gasteiger partial charge >= 0.3 is 0 Å². The van der Waals surface area contributed by atoms with Gasteiger partial charge in [0, 0.05) is 11.6 Å². The molecule has 0 heterocycles. The average Bonchev–Trinajstić information content (AvgIpc) is 2.68. The minimum atomic E-state index is 0.342. The second kappa shape index (κ2) is 6.90. The van der Waals surface area contributed by atoms with Crippen LogP contribution in [0.1, 0.15) is 64.2 Å². The molecule has 0 amide bonds. The Bertz CT molecular complexity index is 298. The molecule has 2 nitrogen and oxygen atoms in total. The Morgan fingerprint density at radius 2 is 1.74 bits per heavy atom. The van der Waals surface area contributed by atoms with E-state index in [2.05, 4.69) is 37.4 Å². The van der Waals surface area contributed by atoms with Crippen molar-refractivity contribution in [1.29, 1.82) is 0 Å². The smallest absolute Gasteiger partial charge is 0.0463 e. The fraction of sp³-hybridized carbons (Fsp3) is 0.882. The van der Waals surface area contributed by atoms with Gasteiger partial charge in [-0.2, -0.15) is 0 Å². The maximum Gasteiger partial charge on any atom is 0.0463 e. The normalized spacial score (nSPS) is 25.8. The SMILES string of the molecule is CNC(C1=CCCCC1)C1(N(C)C)CCCCCC1. The summed E-state index contributed by atoms with van der Waals surface area (Å²) in [5.74, 6) is 0. The van der Waals surface area contributed by atoms with Crippen molar-refractivity contribution in [1.82, 2.24) is 10.2 Å². The molecule has 1 N–H and O–H groups in total. The minimum Gasteiger partial charge on any atom is -0.312 e. The largest absolute Gasteiger partial charge is 0.312 e. The van der Waals surface area contributed by atoms with E-state index in [1.54, 1.807) is 5.57 Å². The van der Waals surface area contributed by atoms with E-state index in [9.17, 15) is 0 Å². The van der Waals surface area contributed by atoms with Gasteiger partial charge < -0.3 is 10.2 Å². The highest BCUT2D eigenvalue weighted by Crippen LogP contribution is 2.38. The van der Waals surface area contributed by atoms with Crippen molar-refractivity contribution in [2.45, 2.75) is 75.8 Å². The van der Waals surface area contributed by atoms with Crippen LogP contribution in [0, 0.1) is 0 Å². The molecule has 2 heteroatoms. The van der Waals surface area contributed by atoms with Crippen LogP contribution >= 0.6 is 0 Å². The Balaban J connectivity index is 2.26. The zero-order chi connectivity index (χ0) is 13.7. The topological polar surface area (TPSA) is 15.3 Å². The molecule has 1 unspecified atom stereocenters. The van der Waals surface area contributed by atoms with Crippen molar-refractivity contribution >= 4 is 0 Å². The molecular formula is C17H32N2. The average molecular weight is 264 g/mol. The molecule has 0 radical (unpaired) electrons. The van der Waals surface area contributed by atoms with Gasteiger partial charge in [-0.05, 0) is 59.7 Å². The zero-order valence-electron chi connectivity index (χ0n) is 13.2. The maximum absolute atomic E-state index is 3.68. The summed E-state index contributed by atoms with van der Waals surface area (Å²) in [6, 6.07) is 0.556. The molecule has 0 bridgehead atoms. The Kier molecular flexibility index (Phi) is 5.47. The lowest BCUT2D eigenvalue weighted by Crippen LogP contribution is -2.59. The van der Waals surface area contributed by atoms with Gasteiger partial charge in [0.2, 0.25) is 0 Å². The van der Waals surface area contributed by atoms with Gasteiger partial charge in [-0.15, -0.1) is 0 Å². The first-order chi connectivity index (χ1) is 9.20. The molecule has 0 aromatic heterocycles. The summed E-state index contributed by atoms with van der Waals surface area (Å²) in [6.45, 7) is 0. The fourth-order valence-corrected chi connectivity index (χ4v) is 4.26. The van der Waals surface area contributed by atoms with Gasteiger partial charge in [0.25, 0.3) is 0 Å². The number of nitrogens with zero attached hydrogens (tertiary/aromatic N) is 1. The minimum absolute atomic E-state index is 0.342. The van der Waals surface area contributed by atoms with Crippen LogP contribution in [0.4, 0.5) is 0 Å². The van der Waals surface area contributed by atoms with Gasteiger partial charge in [-0.3, -0.25) is 0 Å². The second-order valence-corrected chi connectivity index (χ2v) is 6.66. The van der Waals surface area contributed by atoms with Crippen LogP contribution < -0.4 is 5.32 Å². The van der Waals surface area contributed by atoms with Crippen molar-refractivity contribution in [3.05, 3.63) is 11.6 Å². The Labute approximate surface area is 119 Å². The van der Waals surface area contributed by atoms with E-state index in [4.69, 9.17) is 0 Å². The van der Waals surface area contributed by atoms with Gasteiger partial charge in [-0.1, -0.05) is 37.3 Å². The highest BCUT2D eigenvalue weighted by molar-refractivity contribution is 5.21. The van der Waals surface area contributed by atoms with Crippen LogP contribution in [0.15, 0.2) is 11.6 Å². The van der Waals surface area contributed by atoms with Crippen LogP contribution in [-0.2, 0) is 0 Å².